The van der Waals surface area contributed by atoms with Crippen molar-refractivity contribution in [1.82, 2.24) is 5.01 Å². The lowest BCUT2D eigenvalue weighted by molar-refractivity contribution is -0.0190. The molecule has 3 aromatic rings. The summed E-state index contributed by atoms with van der Waals surface area (Å²) in [5, 5.41) is 7.75. The highest BCUT2D eigenvalue weighted by atomic mass is 79.9. The van der Waals surface area contributed by atoms with E-state index in [1.54, 1.807) is 0 Å². The van der Waals surface area contributed by atoms with E-state index < -0.39 is 0 Å². The SMILES string of the molecule is CCOc1ccc([C@@H]2Oc3ccc(Cl)cc3[C@@H]3CC(c4ccc(Br)cc4)=NN32)cc1. The molecule has 2 aliphatic heterocycles. The number of fused-ring (bicyclic) bond motifs is 3. The van der Waals surface area contributed by atoms with E-state index in [0.717, 1.165) is 44.8 Å². The molecule has 2 heterocycles. The lowest BCUT2D eigenvalue weighted by atomic mass is 9.96. The Hall–Kier alpha value is -2.50. The zero-order valence-electron chi connectivity index (χ0n) is 16.4. The lowest BCUT2D eigenvalue weighted by Crippen LogP contribution is -2.33. The quantitative estimate of drug-likeness (QED) is 0.412. The summed E-state index contributed by atoms with van der Waals surface area (Å²) in [6, 6.07) is 22.2. The number of hydrazone groups is 1. The van der Waals surface area contributed by atoms with E-state index >= 15 is 0 Å². The number of hydrogen-bond donors (Lipinski definition) is 0. The van der Waals surface area contributed by atoms with Crippen molar-refractivity contribution in [2.45, 2.75) is 25.6 Å². The first-order chi connectivity index (χ1) is 14.6. The smallest absolute Gasteiger partial charge is 0.213 e. The molecule has 0 aliphatic carbocycles. The van der Waals surface area contributed by atoms with Gasteiger partial charge in [0.05, 0.1) is 18.4 Å². The fourth-order valence-corrected chi connectivity index (χ4v) is 4.44. The third-order valence-electron chi connectivity index (χ3n) is 5.41. The summed E-state index contributed by atoms with van der Waals surface area (Å²) in [4.78, 5) is 0. The van der Waals surface area contributed by atoms with Gasteiger partial charge in [-0.2, -0.15) is 5.10 Å². The Kier molecular flexibility index (Phi) is 5.17. The molecule has 4 nitrogen and oxygen atoms in total. The van der Waals surface area contributed by atoms with Crippen molar-refractivity contribution in [3.63, 3.8) is 0 Å². The highest BCUT2D eigenvalue weighted by Crippen LogP contribution is 2.48. The zero-order chi connectivity index (χ0) is 20.7. The highest BCUT2D eigenvalue weighted by molar-refractivity contribution is 9.10. The van der Waals surface area contributed by atoms with Gasteiger partial charge >= 0.3 is 0 Å². The van der Waals surface area contributed by atoms with Gasteiger partial charge in [0, 0.05) is 27.0 Å². The number of ether oxygens (including phenoxy) is 2. The van der Waals surface area contributed by atoms with E-state index in [-0.39, 0.29) is 12.3 Å². The molecule has 0 unspecified atom stereocenters. The van der Waals surface area contributed by atoms with Crippen molar-refractivity contribution in [2.75, 3.05) is 6.61 Å². The number of benzene rings is 3. The van der Waals surface area contributed by atoms with E-state index in [1.807, 2.05) is 61.5 Å². The van der Waals surface area contributed by atoms with Crippen LogP contribution >= 0.6 is 27.5 Å². The minimum absolute atomic E-state index is 0.0719. The Morgan fingerprint density at radius 1 is 1.10 bits per heavy atom. The number of rotatable bonds is 4. The lowest BCUT2D eigenvalue weighted by Gasteiger charge is -2.38. The van der Waals surface area contributed by atoms with Gasteiger partial charge in [0.15, 0.2) is 0 Å². The van der Waals surface area contributed by atoms with Crippen molar-refractivity contribution in [3.8, 4) is 11.5 Å². The van der Waals surface area contributed by atoms with Gasteiger partial charge in [0.25, 0.3) is 0 Å². The molecule has 152 valence electrons. The van der Waals surface area contributed by atoms with E-state index in [1.165, 1.54) is 0 Å². The van der Waals surface area contributed by atoms with E-state index in [2.05, 4.69) is 33.1 Å². The van der Waals surface area contributed by atoms with Crippen molar-refractivity contribution in [2.24, 2.45) is 5.10 Å². The van der Waals surface area contributed by atoms with E-state index in [9.17, 15) is 0 Å². The fraction of sp³-hybridized carbons (Fsp3) is 0.208. The molecule has 0 bridgehead atoms. The van der Waals surface area contributed by atoms with Gasteiger partial charge in [-0.05, 0) is 67.1 Å². The molecule has 3 aromatic carbocycles. The van der Waals surface area contributed by atoms with Crippen molar-refractivity contribution in [1.29, 1.82) is 0 Å². The Morgan fingerprint density at radius 3 is 2.60 bits per heavy atom. The standard InChI is InChI=1S/C24H20BrClN2O2/c1-2-29-19-10-5-16(6-11-19)24-28-22(20-13-18(26)9-12-23(20)30-24)14-21(27-28)15-3-7-17(25)8-4-15/h3-13,22,24H,2,14H2,1H3/t22-,24-/m0/s1. The van der Waals surface area contributed by atoms with Crippen molar-refractivity contribution >= 4 is 33.2 Å². The molecule has 0 N–H and O–H groups in total. The predicted octanol–water partition coefficient (Wildman–Crippen LogP) is 6.74. The van der Waals surface area contributed by atoms with Crippen LogP contribution in [-0.2, 0) is 0 Å². The summed E-state index contributed by atoms with van der Waals surface area (Å²) < 4.78 is 13.0. The molecule has 0 amide bonds. The van der Waals surface area contributed by atoms with Gasteiger partial charge in [-0.15, -0.1) is 0 Å². The summed E-state index contributed by atoms with van der Waals surface area (Å²) in [5.41, 5.74) is 4.26. The van der Waals surface area contributed by atoms with Crippen LogP contribution in [-0.4, -0.2) is 17.3 Å². The van der Waals surface area contributed by atoms with Crippen LogP contribution in [0.2, 0.25) is 5.02 Å². The Labute approximate surface area is 189 Å². The van der Waals surface area contributed by atoms with Crippen LogP contribution in [0.1, 0.15) is 42.3 Å². The molecule has 5 rings (SSSR count). The maximum Gasteiger partial charge on any atom is 0.213 e. The second-order valence-electron chi connectivity index (χ2n) is 7.31. The molecule has 0 radical (unpaired) electrons. The normalized spacial score (nSPS) is 19.6. The number of halogens is 2. The van der Waals surface area contributed by atoms with Crippen molar-refractivity contribution < 1.29 is 9.47 Å². The van der Waals surface area contributed by atoms with Gasteiger partial charge in [0.2, 0.25) is 6.23 Å². The molecule has 30 heavy (non-hydrogen) atoms. The molecular formula is C24H20BrClN2O2. The van der Waals surface area contributed by atoms with Crippen LogP contribution in [0.15, 0.2) is 76.3 Å². The maximum absolute atomic E-state index is 6.40. The molecule has 0 saturated heterocycles. The second-order valence-corrected chi connectivity index (χ2v) is 8.66. The zero-order valence-corrected chi connectivity index (χ0v) is 18.7. The summed E-state index contributed by atoms with van der Waals surface area (Å²) in [7, 11) is 0. The summed E-state index contributed by atoms with van der Waals surface area (Å²) in [6.07, 6.45) is 0.485. The molecular weight excluding hydrogens is 464 g/mol. The minimum Gasteiger partial charge on any atom is -0.494 e. The van der Waals surface area contributed by atoms with E-state index in [0.29, 0.717) is 11.6 Å². The molecule has 0 spiro atoms. The third-order valence-corrected chi connectivity index (χ3v) is 6.17. The van der Waals surface area contributed by atoms with Gasteiger partial charge in [-0.1, -0.05) is 39.7 Å². The Morgan fingerprint density at radius 2 is 1.87 bits per heavy atom. The third kappa shape index (κ3) is 3.57. The Bertz CT molecular complexity index is 1100. The first-order valence-electron chi connectivity index (χ1n) is 9.93. The molecule has 0 saturated carbocycles. The second kappa shape index (κ2) is 7.97. The van der Waals surface area contributed by atoms with Crippen LogP contribution in [0.4, 0.5) is 0 Å². The fourth-order valence-electron chi connectivity index (χ4n) is 3.99. The van der Waals surface area contributed by atoms with Crippen molar-refractivity contribution in [3.05, 3.63) is 92.9 Å². The molecule has 0 aromatic heterocycles. The Balaban J connectivity index is 1.55. The monoisotopic (exact) mass is 482 g/mol. The number of nitrogens with zero attached hydrogens (tertiary/aromatic N) is 2. The van der Waals surface area contributed by atoms with Crippen LogP contribution < -0.4 is 9.47 Å². The molecule has 2 atom stereocenters. The van der Waals surface area contributed by atoms with Gasteiger partial charge in [-0.3, -0.25) is 0 Å². The highest BCUT2D eigenvalue weighted by Gasteiger charge is 2.41. The van der Waals surface area contributed by atoms with Crippen LogP contribution in [0.25, 0.3) is 0 Å². The molecule has 2 aliphatic rings. The summed E-state index contributed by atoms with van der Waals surface area (Å²) >= 11 is 9.81. The molecule has 0 fully saturated rings. The summed E-state index contributed by atoms with van der Waals surface area (Å²) in [6.45, 7) is 2.62. The summed E-state index contributed by atoms with van der Waals surface area (Å²) in [5.74, 6) is 1.70. The van der Waals surface area contributed by atoms with E-state index in [4.69, 9.17) is 26.2 Å². The molecule has 6 heteroatoms. The van der Waals surface area contributed by atoms with Gasteiger partial charge in [0.1, 0.15) is 11.5 Å². The van der Waals surface area contributed by atoms with Crippen LogP contribution in [0.3, 0.4) is 0 Å². The van der Waals surface area contributed by atoms with Crippen LogP contribution in [0, 0.1) is 0 Å². The first kappa shape index (κ1) is 19.5. The van der Waals surface area contributed by atoms with Gasteiger partial charge in [-0.25, -0.2) is 5.01 Å². The average molecular weight is 484 g/mol. The minimum atomic E-state index is -0.313. The average Bonchev–Trinajstić information content (AvgIpc) is 3.20. The van der Waals surface area contributed by atoms with Gasteiger partial charge < -0.3 is 9.47 Å². The van der Waals surface area contributed by atoms with Crippen LogP contribution in [0.5, 0.6) is 11.5 Å². The first-order valence-corrected chi connectivity index (χ1v) is 11.1. The predicted molar refractivity (Wildman–Crippen MR) is 122 cm³/mol. The topological polar surface area (TPSA) is 34.1 Å². The largest absolute Gasteiger partial charge is 0.494 e. The number of hydrogen-bond acceptors (Lipinski definition) is 4. The maximum atomic E-state index is 6.40.